The van der Waals surface area contributed by atoms with E-state index in [1.807, 2.05) is 77.1 Å². The van der Waals surface area contributed by atoms with Crippen molar-refractivity contribution in [3.63, 3.8) is 0 Å². The van der Waals surface area contributed by atoms with Crippen molar-refractivity contribution in [2.24, 2.45) is 0 Å². The Kier molecular flexibility index (Phi) is 6.12. The van der Waals surface area contributed by atoms with Crippen LogP contribution in [0.1, 0.15) is 27.8 Å². The summed E-state index contributed by atoms with van der Waals surface area (Å²) in [6, 6.07) is 20.1. The van der Waals surface area contributed by atoms with Gasteiger partial charge in [0, 0.05) is 17.1 Å². The van der Waals surface area contributed by atoms with Crippen LogP contribution in [0.15, 0.2) is 66.7 Å². The number of aryl methyl sites for hydroxylation is 1. The van der Waals surface area contributed by atoms with Gasteiger partial charge in [-0.3, -0.25) is 0 Å². The van der Waals surface area contributed by atoms with Crippen molar-refractivity contribution in [1.82, 2.24) is 0 Å². The molecule has 0 fully saturated rings. The number of phenolic OH excluding ortho intramolecular Hbond substituents is 3. The van der Waals surface area contributed by atoms with Gasteiger partial charge in [-0.25, -0.2) is 0 Å². The van der Waals surface area contributed by atoms with Crippen molar-refractivity contribution in [2.45, 2.75) is 34.6 Å². The number of hydrogen-bond acceptors (Lipinski definition) is 5. The molecule has 3 N–H and O–H groups in total. The number of rotatable bonds is 5. The topological polar surface area (TPSA) is 73.2 Å². The number of anilines is 3. The summed E-state index contributed by atoms with van der Waals surface area (Å²) in [5, 5.41) is 30.6. The van der Waals surface area contributed by atoms with Crippen molar-refractivity contribution in [1.29, 1.82) is 0 Å². The molecule has 0 aliphatic carbocycles. The molecule has 4 aromatic rings. The fraction of sp³-hybridized carbons (Fsp3) is 0.172. The molecule has 5 heteroatoms. The van der Waals surface area contributed by atoms with E-state index in [1.54, 1.807) is 24.3 Å². The van der Waals surface area contributed by atoms with Gasteiger partial charge in [0.15, 0.2) is 11.5 Å². The molecule has 0 aromatic heterocycles. The van der Waals surface area contributed by atoms with Gasteiger partial charge in [0.05, 0.1) is 0 Å². The normalized spacial score (nSPS) is 10.9. The average Bonchev–Trinajstić information content (AvgIpc) is 2.82. The van der Waals surface area contributed by atoms with Crippen molar-refractivity contribution >= 4 is 17.1 Å². The fourth-order valence-electron chi connectivity index (χ4n) is 4.03. The average molecular weight is 456 g/mol. The third-order valence-corrected chi connectivity index (χ3v) is 6.45. The maximum absolute atomic E-state index is 10.2. The van der Waals surface area contributed by atoms with Crippen LogP contribution in [0.4, 0.5) is 17.1 Å². The third kappa shape index (κ3) is 4.13. The van der Waals surface area contributed by atoms with Gasteiger partial charge in [-0.1, -0.05) is 12.1 Å². The first-order chi connectivity index (χ1) is 16.2. The molecule has 5 nitrogen and oxygen atoms in total. The fourth-order valence-corrected chi connectivity index (χ4v) is 4.03. The lowest BCUT2D eigenvalue weighted by molar-refractivity contribution is 0.409. The molecule has 4 aromatic carbocycles. The van der Waals surface area contributed by atoms with Crippen molar-refractivity contribution in [3.05, 3.63) is 94.5 Å². The summed E-state index contributed by atoms with van der Waals surface area (Å²) in [6.45, 7) is 9.65. The molecule has 0 amide bonds. The van der Waals surface area contributed by atoms with E-state index in [4.69, 9.17) is 4.74 Å². The first-order valence-corrected chi connectivity index (χ1v) is 11.1. The smallest absolute Gasteiger partial charge is 0.171 e. The van der Waals surface area contributed by atoms with Crippen LogP contribution in [0.25, 0.3) is 0 Å². The molecule has 0 spiro atoms. The molecule has 174 valence electrons. The Hall–Kier alpha value is -4.12. The number of ether oxygens (including phenoxy) is 1. The van der Waals surface area contributed by atoms with Crippen molar-refractivity contribution in [3.8, 4) is 28.7 Å². The van der Waals surface area contributed by atoms with Gasteiger partial charge < -0.3 is 25.0 Å². The minimum atomic E-state index is 0.0936. The van der Waals surface area contributed by atoms with Gasteiger partial charge in [-0.05, 0) is 117 Å². The van der Waals surface area contributed by atoms with Gasteiger partial charge in [-0.15, -0.1) is 0 Å². The van der Waals surface area contributed by atoms with E-state index in [9.17, 15) is 15.3 Å². The van der Waals surface area contributed by atoms with E-state index in [0.29, 0.717) is 11.5 Å². The molecule has 4 rings (SSSR count). The molecule has 34 heavy (non-hydrogen) atoms. The summed E-state index contributed by atoms with van der Waals surface area (Å²) in [5.41, 5.74) is 7.11. The Bertz CT molecular complexity index is 1280. The first kappa shape index (κ1) is 23.1. The molecule has 0 unspecified atom stereocenters. The van der Waals surface area contributed by atoms with Crippen LogP contribution in [-0.2, 0) is 0 Å². The molecular formula is C29H29NO4. The molecule has 0 saturated carbocycles. The predicted molar refractivity (Wildman–Crippen MR) is 136 cm³/mol. The molecule has 0 bridgehead atoms. The molecule has 0 radical (unpaired) electrons. The maximum atomic E-state index is 10.2. The monoisotopic (exact) mass is 455 g/mol. The number of phenols is 3. The number of hydrogen-bond donors (Lipinski definition) is 3. The van der Waals surface area contributed by atoms with Gasteiger partial charge in [0.2, 0.25) is 0 Å². The first-order valence-electron chi connectivity index (χ1n) is 11.1. The quantitative estimate of drug-likeness (QED) is 0.289. The zero-order valence-corrected chi connectivity index (χ0v) is 20.0. The van der Waals surface area contributed by atoms with Crippen LogP contribution in [0.3, 0.4) is 0 Å². The van der Waals surface area contributed by atoms with Crippen LogP contribution >= 0.6 is 0 Å². The molecule has 0 atom stereocenters. The minimum absolute atomic E-state index is 0.0936. The van der Waals surface area contributed by atoms with Gasteiger partial charge >= 0.3 is 0 Å². The van der Waals surface area contributed by atoms with Crippen molar-refractivity contribution in [2.75, 3.05) is 4.90 Å². The summed E-state index contributed by atoms with van der Waals surface area (Å²) in [5.74, 6) is 1.63. The van der Waals surface area contributed by atoms with Crippen LogP contribution < -0.4 is 9.64 Å². The van der Waals surface area contributed by atoms with E-state index < -0.39 is 0 Å². The number of aromatic hydroxyl groups is 3. The Morgan fingerprint density at radius 2 is 1.09 bits per heavy atom. The predicted octanol–water partition coefficient (Wildman–Crippen LogP) is 7.61. The lowest BCUT2D eigenvalue weighted by Crippen LogP contribution is -2.13. The number of benzene rings is 4. The van der Waals surface area contributed by atoms with E-state index >= 15 is 0 Å². The maximum Gasteiger partial charge on any atom is 0.171 e. The highest BCUT2D eigenvalue weighted by Crippen LogP contribution is 2.43. The Balaban J connectivity index is 1.82. The third-order valence-electron chi connectivity index (χ3n) is 6.45. The Labute approximate surface area is 200 Å². The van der Waals surface area contributed by atoms with Gasteiger partial charge in [0.25, 0.3) is 0 Å². The van der Waals surface area contributed by atoms with Crippen LogP contribution in [0.5, 0.6) is 28.7 Å². The lowest BCUT2D eigenvalue weighted by atomic mass is 10.0. The second-order valence-corrected chi connectivity index (χ2v) is 8.56. The van der Waals surface area contributed by atoms with Crippen LogP contribution in [-0.4, -0.2) is 15.3 Å². The highest BCUT2D eigenvalue weighted by Gasteiger charge is 2.20. The molecule has 0 aliphatic rings. The molecule has 0 saturated heterocycles. The largest absolute Gasteiger partial charge is 0.508 e. The summed E-state index contributed by atoms with van der Waals surface area (Å²) in [6.07, 6.45) is 0. The van der Waals surface area contributed by atoms with Gasteiger partial charge in [0.1, 0.15) is 17.2 Å². The summed E-state index contributed by atoms with van der Waals surface area (Å²) in [7, 11) is 0. The van der Waals surface area contributed by atoms with E-state index in [2.05, 4.69) is 4.90 Å². The molecular weight excluding hydrogens is 426 g/mol. The zero-order chi connectivity index (χ0) is 24.6. The van der Waals surface area contributed by atoms with Crippen molar-refractivity contribution < 1.29 is 20.1 Å². The van der Waals surface area contributed by atoms with Gasteiger partial charge in [-0.2, -0.15) is 0 Å². The second kappa shape index (κ2) is 9.02. The van der Waals surface area contributed by atoms with Crippen LogP contribution in [0.2, 0.25) is 0 Å². The zero-order valence-electron chi connectivity index (χ0n) is 20.0. The number of para-hydroxylation sites is 1. The lowest BCUT2D eigenvalue weighted by Gasteiger charge is -2.30. The highest BCUT2D eigenvalue weighted by molar-refractivity contribution is 5.82. The number of nitrogens with zero attached hydrogens (tertiary/aromatic N) is 1. The second-order valence-electron chi connectivity index (χ2n) is 8.56. The highest BCUT2D eigenvalue weighted by atomic mass is 16.5. The minimum Gasteiger partial charge on any atom is -0.508 e. The van der Waals surface area contributed by atoms with E-state index in [-0.39, 0.29) is 17.2 Å². The summed E-state index contributed by atoms with van der Waals surface area (Å²) >= 11 is 0. The summed E-state index contributed by atoms with van der Waals surface area (Å²) < 4.78 is 5.97. The molecule has 0 aliphatic heterocycles. The Morgan fingerprint density at radius 1 is 0.559 bits per heavy atom. The molecule has 0 heterocycles. The summed E-state index contributed by atoms with van der Waals surface area (Å²) in [4.78, 5) is 2.11. The SMILES string of the molecule is Cc1cccc(O)c1Oc1ccc(N(c2ccc(O)c(C)c2C)c2ccc(O)c(C)c2C)cc1. The van der Waals surface area contributed by atoms with Crippen LogP contribution in [0, 0.1) is 34.6 Å². The standard InChI is InChI=1S/C29H29NO4/c1-17-7-6-8-28(33)29(17)34-23-11-9-22(10-12-23)30(24-13-15-26(31)20(4)18(24)2)25-14-16-27(32)21(5)19(25)3/h6-16,31-33H,1-5H3. The Morgan fingerprint density at radius 3 is 1.59 bits per heavy atom. The van der Waals surface area contributed by atoms with E-state index in [0.717, 1.165) is 44.9 Å². The van der Waals surface area contributed by atoms with E-state index in [1.165, 1.54) is 0 Å².